The molecule has 2 heterocycles. The number of aromatic amines is 1. The number of carboxylic acids is 1. The van der Waals surface area contributed by atoms with Crippen molar-refractivity contribution in [3.8, 4) is 0 Å². The van der Waals surface area contributed by atoms with Crippen molar-refractivity contribution in [2.75, 3.05) is 24.6 Å². The fourth-order valence-corrected chi connectivity index (χ4v) is 3.34. The molecule has 2 amide bonds. The Balaban J connectivity index is 1.54. The van der Waals surface area contributed by atoms with Crippen LogP contribution in [0, 0.1) is 5.92 Å². The zero-order valence-corrected chi connectivity index (χ0v) is 19.9. The second kappa shape index (κ2) is 12.2. The number of H-pyrrole nitrogens is 1. The molecule has 3 rings (SSSR count). The van der Waals surface area contributed by atoms with Gasteiger partial charge in [0.15, 0.2) is 16.9 Å². The highest BCUT2D eigenvalue weighted by Crippen LogP contribution is 2.18. The van der Waals surface area contributed by atoms with Crippen molar-refractivity contribution in [3.63, 3.8) is 0 Å². The summed E-state index contributed by atoms with van der Waals surface area (Å²) in [5, 5.41) is 17.3. The summed E-state index contributed by atoms with van der Waals surface area (Å²) in [5.41, 5.74) is 6.66. The number of nitrogens with one attached hydrogen (secondary N) is 4. The van der Waals surface area contributed by atoms with E-state index in [0.29, 0.717) is 16.9 Å². The molecule has 0 fully saturated rings. The van der Waals surface area contributed by atoms with Crippen molar-refractivity contribution < 1.29 is 24.3 Å². The summed E-state index contributed by atoms with van der Waals surface area (Å²) < 4.78 is 0. The second-order valence-corrected chi connectivity index (χ2v) is 8.07. The summed E-state index contributed by atoms with van der Waals surface area (Å²) in [6, 6.07) is 6.42. The number of carboxylic acid groups (broad SMARTS) is 1. The third kappa shape index (κ3) is 7.55. The molecule has 0 spiro atoms. The van der Waals surface area contributed by atoms with Gasteiger partial charge in [-0.05, 0) is 30.7 Å². The van der Waals surface area contributed by atoms with Crippen molar-refractivity contribution in [2.45, 2.75) is 25.8 Å². The highest BCUT2D eigenvalue weighted by Gasteiger charge is 2.23. The van der Waals surface area contributed by atoms with Gasteiger partial charge in [-0.2, -0.15) is 4.98 Å². The van der Waals surface area contributed by atoms with Gasteiger partial charge in [0.25, 0.3) is 5.56 Å². The smallest absolute Gasteiger partial charge is 0.306 e. The predicted octanol–water partition coefficient (Wildman–Crippen LogP) is -0.177. The highest BCUT2D eigenvalue weighted by atomic mass is 16.4. The van der Waals surface area contributed by atoms with Crippen LogP contribution in [0.5, 0.6) is 0 Å². The molecule has 0 bridgehead atoms. The van der Waals surface area contributed by atoms with Gasteiger partial charge in [0, 0.05) is 31.1 Å². The first-order chi connectivity index (χ1) is 17.7. The normalized spacial score (nSPS) is 11.5. The Morgan fingerprint density at radius 3 is 2.51 bits per heavy atom. The summed E-state index contributed by atoms with van der Waals surface area (Å²) >= 11 is 0. The average molecular weight is 511 g/mol. The molecule has 0 radical (unpaired) electrons. The number of likely N-dealkylation sites (N-methyl/N-ethyl adjacent to an activating group) is 1. The molecular formula is C23H26N8O6. The molecule has 0 saturated heterocycles. The lowest BCUT2D eigenvalue weighted by Gasteiger charge is -2.12. The van der Waals surface area contributed by atoms with Crippen LogP contribution in [0.1, 0.15) is 35.3 Å². The van der Waals surface area contributed by atoms with E-state index in [0.717, 1.165) is 0 Å². The lowest BCUT2D eigenvalue weighted by Crippen LogP contribution is -2.35. The monoisotopic (exact) mass is 510 g/mol. The zero-order chi connectivity index (χ0) is 26.9. The number of nitrogen functional groups attached to an aromatic ring is 1. The molecule has 7 N–H and O–H groups in total. The maximum Gasteiger partial charge on any atom is 0.306 e. The van der Waals surface area contributed by atoms with E-state index in [2.05, 4.69) is 35.9 Å². The van der Waals surface area contributed by atoms with E-state index in [1.54, 1.807) is 24.3 Å². The van der Waals surface area contributed by atoms with E-state index in [1.165, 1.54) is 13.2 Å². The van der Waals surface area contributed by atoms with Crippen molar-refractivity contribution in [3.05, 3.63) is 52.1 Å². The SMILES string of the molecule is CNC(=O)CNC(=O)CC[C@H](CC(=O)c1ccc(NCc2cnc3nc(N)[nH]c(=O)c3n2)cc1)C(=O)O. The van der Waals surface area contributed by atoms with Gasteiger partial charge in [0.1, 0.15) is 0 Å². The van der Waals surface area contributed by atoms with E-state index in [9.17, 15) is 29.1 Å². The number of carbonyl (C=O) groups excluding carboxylic acids is 3. The molecule has 37 heavy (non-hydrogen) atoms. The summed E-state index contributed by atoms with van der Waals surface area (Å²) in [7, 11) is 1.43. The largest absolute Gasteiger partial charge is 0.481 e. The molecule has 1 aromatic carbocycles. The van der Waals surface area contributed by atoms with Crippen LogP contribution in [0.2, 0.25) is 0 Å². The molecule has 2 aromatic heterocycles. The first kappa shape index (κ1) is 26.7. The van der Waals surface area contributed by atoms with Crippen LogP contribution < -0.4 is 27.2 Å². The number of benzene rings is 1. The van der Waals surface area contributed by atoms with E-state index >= 15 is 0 Å². The van der Waals surface area contributed by atoms with Gasteiger partial charge >= 0.3 is 5.97 Å². The number of ketones is 1. The molecule has 14 nitrogen and oxygen atoms in total. The average Bonchev–Trinajstić information content (AvgIpc) is 2.88. The number of fused-ring (bicyclic) bond motifs is 1. The fourth-order valence-electron chi connectivity index (χ4n) is 3.34. The molecule has 0 aliphatic heterocycles. The minimum Gasteiger partial charge on any atom is -0.481 e. The number of anilines is 2. The van der Waals surface area contributed by atoms with Gasteiger partial charge in [-0.3, -0.25) is 29.0 Å². The van der Waals surface area contributed by atoms with Crippen molar-refractivity contribution in [1.82, 2.24) is 30.6 Å². The van der Waals surface area contributed by atoms with E-state index in [1.807, 2.05) is 0 Å². The quantitative estimate of drug-likeness (QED) is 0.175. The lowest BCUT2D eigenvalue weighted by molar-refractivity contribution is -0.142. The van der Waals surface area contributed by atoms with E-state index in [-0.39, 0.29) is 61.2 Å². The number of aromatic nitrogens is 4. The maximum absolute atomic E-state index is 12.6. The Kier molecular flexibility index (Phi) is 8.81. The van der Waals surface area contributed by atoms with Crippen LogP contribution in [-0.4, -0.2) is 62.2 Å². The molecule has 0 unspecified atom stereocenters. The maximum atomic E-state index is 12.6. The third-order valence-electron chi connectivity index (χ3n) is 5.39. The Labute approximate surface area is 210 Å². The van der Waals surface area contributed by atoms with Crippen LogP contribution in [0.4, 0.5) is 11.6 Å². The second-order valence-electron chi connectivity index (χ2n) is 8.07. The number of amides is 2. The Bertz CT molecular complexity index is 1370. The van der Waals surface area contributed by atoms with Crippen LogP contribution in [0.15, 0.2) is 35.3 Å². The molecule has 194 valence electrons. The highest BCUT2D eigenvalue weighted by molar-refractivity contribution is 5.98. The van der Waals surface area contributed by atoms with Gasteiger partial charge in [-0.1, -0.05) is 0 Å². The number of hydrogen-bond donors (Lipinski definition) is 6. The molecular weight excluding hydrogens is 484 g/mol. The van der Waals surface area contributed by atoms with E-state index < -0.39 is 23.4 Å². The number of nitrogens with zero attached hydrogens (tertiary/aromatic N) is 3. The van der Waals surface area contributed by atoms with Gasteiger partial charge in [-0.25, -0.2) is 9.97 Å². The number of aliphatic carboxylic acids is 1. The topological polar surface area (TPSA) is 222 Å². The number of carbonyl (C=O) groups is 4. The molecule has 0 aliphatic carbocycles. The summed E-state index contributed by atoms with van der Waals surface area (Å²) in [6.07, 6.45) is 1.02. The van der Waals surface area contributed by atoms with Crippen LogP contribution in [-0.2, 0) is 20.9 Å². The fraction of sp³-hybridized carbons (Fsp3) is 0.304. The molecule has 3 aromatic rings. The van der Waals surface area contributed by atoms with Crippen LogP contribution >= 0.6 is 0 Å². The van der Waals surface area contributed by atoms with Gasteiger partial charge in [-0.15, -0.1) is 0 Å². The summed E-state index contributed by atoms with van der Waals surface area (Å²) in [5.74, 6) is -3.51. The molecule has 14 heteroatoms. The minimum atomic E-state index is -1.18. The van der Waals surface area contributed by atoms with Gasteiger partial charge in [0.05, 0.1) is 30.9 Å². The lowest BCUT2D eigenvalue weighted by atomic mass is 9.94. The van der Waals surface area contributed by atoms with Crippen LogP contribution in [0.3, 0.4) is 0 Å². The predicted molar refractivity (Wildman–Crippen MR) is 133 cm³/mol. The van der Waals surface area contributed by atoms with Crippen molar-refractivity contribution in [2.24, 2.45) is 5.92 Å². The standard InChI is InChI=1S/C23H26N8O6/c1-25-18(34)11-27-17(33)7-4-13(22(36)37)8-16(32)12-2-5-14(6-3-12)26-9-15-10-28-20-19(29-15)21(35)31-23(24)30-20/h2-3,5-6,10,13,26H,4,7-9,11H2,1H3,(H,25,34)(H,27,33)(H,36,37)(H3,24,28,30,31,35)/t13-/m1/s1. The zero-order valence-electron chi connectivity index (χ0n) is 19.9. The number of rotatable bonds is 12. The van der Waals surface area contributed by atoms with Crippen molar-refractivity contribution >= 4 is 46.4 Å². The third-order valence-corrected chi connectivity index (χ3v) is 5.39. The Morgan fingerprint density at radius 2 is 1.84 bits per heavy atom. The summed E-state index contributed by atoms with van der Waals surface area (Å²) in [4.78, 5) is 73.8. The molecule has 0 saturated carbocycles. The number of hydrogen-bond acceptors (Lipinski definition) is 10. The van der Waals surface area contributed by atoms with E-state index in [4.69, 9.17) is 5.73 Å². The van der Waals surface area contributed by atoms with Gasteiger partial charge < -0.3 is 26.8 Å². The molecule has 0 aliphatic rings. The first-order valence-electron chi connectivity index (χ1n) is 11.2. The van der Waals surface area contributed by atoms with Crippen LogP contribution in [0.25, 0.3) is 11.2 Å². The number of Topliss-reactive ketones (excluding diaryl/α,β-unsaturated/α-hetero) is 1. The Hall–Kier alpha value is -4.88. The minimum absolute atomic E-state index is 0.0436. The number of nitrogens with two attached hydrogens (primary N) is 1. The van der Waals surface area contributed by atoms with Gasteiger partial charge in [0.2, 0.25) is 17.8 Å². The molecule has 1 atom stereocenters. The first-order valence-corrected chi connectivity index (χ1v) is 11.2. The summed E-state index contributed by atoms with van der Waals surface area (Å²) in [6.45, 7) is 0.0353. The Morgan fingerprint density at radius 1 is 1.11 bits per heavy atom. The van der Waals surface area contributed by atoms with Crippen molar-refractivity contribution in [1.29, 1.82) is 0 Å².